The minimum atomic E-state index is 0.0193. The highest BCUT2D eigenvalue weighted by Gasteiger charge is 2.35. The minimum absolute atomic E-state index is 0.0193. The van der Waals surface area contributed by atoms with Crippen LogP contribution in [0.5, 0.6) is 0 Å². The third-order valence-electron chi connectivity index (χ3n) is 6.21. The van der Waals surface area contributed by atoms with Crippen LogP contribution in [0.15, 0.2) is 35.3 Å². The van der Waals surface area contributed by atoms with E-state index in [-0.39, 0.29) is 5.54 Å². The van der Waals surface area contributed by atoms with Gasteiger partial charge in [-0.3, -0.25) is 4.99 Å². The summed E-state index contributed by atoms with van der Waals surface area (Å²) in [5.74, 6) is 2.90. The molecular formula is C23H38N4OS. The average Bonchev–Trinajstić information content (AvgIpc) is 2.75. The minimum Gasteiger partial charge on any atom is -0.381 e. The number of guanidine groups is 1. The van der Waals surface area contributed by atoms with Gasteiger partial charge in [-0.2, -0.15) is 11.8 Å². The molecule has 2 saturated heterocycles. The highest BCUT2D eigenvalue weighted by Crippen LogP contribution is 2.27. The van der Waals surface area contributed by atoms with Gasteiger partial charge in [0.25, 0.3) is 0 Å². The molecule has 162 valence electrons. The Bertz CT molecular complexity index is 646. The van der Waals surface area contributed by atoms with Crippen LogP contribution in [-0.4, -0.2) is 67.3 Å². The average molecular weight is 419 g/mol. The molecule has 1 aromatic carbocycles. The number of thioether (sulfide) groups is 1. The Kier molecular flexibility index (Phi) is 8.27. The molecule has 29 heavy (non-hydrogen) atoms. The van der Waals surface area contributed by atoms with Gasteiger partial charge >= 0.3 is 0 Å². The maximum Gasteiger partial charge on any atom is 0.193 e. The monoisotopic (exact) mass is 418 g/mol. The standard InChI is InChI=1S/C23H38N4OS/c1-18(2)21-16-27(12-15-29-21)22(24-4)25-17-23(10-13-28-14-11-23)26-19(3)20-8-6-5-7-9-20/h5-9,18-19,21,26H,10-17H2,1-4H3,(H,24,25). The van der Waals surface area contributed by atoms with Crippen molar-refractivity contribution in [2.45, 2.75) is 50.4 Å². The Hall–Kier alpha value is -1.24. The van der Waals surface area contributed by atoms with Crippen LogP contribution in [0.25, 0.3) is 0 Å². The van der Waals surface area contributed by atoms with Gasteiger partial charge in [-0.15, -0.1) is 0 Å². The highest BCUT2D eigenvalue weighted by atomic mass is 32.2. The molecule has 2 N–H and O–H groups in total. The molecule has 2 heterocycles. The number of benzene rings is 1. The Morgan fingerprint density at radius 3 is 2.62 bits per heavy atom. The molecule has 5 nitrogen and oxygen atoms in total. The van der Waals surface area contributed by atoms with Gasteiger partial charge < -0.3 is 20.3 Å². The largest absolute Gasteiger partial charge is 0.381 e. The van der Waals surface area contributed by atoms with Crippen LogP contribution < -0.4 is 10.6 Å². The number of ether oxygens (including phenoxy) is 1. The van der Waals surface area contributed by atoms with Crippen LogP contribution in [0, 0.1) is 5.92 Å². The molecular weight excluding hydrogens is 380 g/mol. The molecule has 0 bridgehead atoms. The Labute approximate surface area is 181 Å². The van der Waals surface area contributed by atoms with Crippen molar-refractivity contribution in [1.82, 2.24) is 15.5 Å². The normalized spacial score (nSPS) is 23.8. The third kappa shape index (κ3) is 6.12. The molecule has 2 aliphatic rings. The van der Waals surface area contributed by atoms with Crippen molar-refractivity contribution >= 4 is 17.7 Å². The van der Waals surface area contributed by atoms with E-state index in [1.54, 1.807) is 0 Å². The van der Waals surface area contributed by atoms with Gasteiger partial charge in [0, 0.05) is 62.5 Å². The molecule has 0 aromatic heterocycles. The van der Waals surface area contributed by atoms with Crippen molar-refractivity contribution in [3.8, 4) is 0 Å². The third-order valence-corrected chi connectivity index (χ3v) is 7.75. The van der Waals surface area contributed by atoms with Crippen molar-refractivity contribution in [3.63, 3.8) is 0 Å². The zero-order valence-corrected chi connectivity index (χ0v) is 19.3. The number of nitrogens with zero attached hydrogens (tertiary/aromatic N) is 2. The summed E-state index contributed by atoms with van der Waals surface area (Å²) in [6.45, 7) is 11.5. The smallest absolute Gasteiger partial charge is 0.193 e. The van der Waals surface area contributed by atoms with E-state index >= 15 is 0 Å². The Morgan fingerprint density at radius 2 is 1.97 bits per heavy atom. The zero-order chi connectivity index (χ0) is 20.7. The number of aliphatic imine (C=N–C) groups is 1. The lowest BCUT2D eigenvalue weighted by molar-refractivity contribution is 0.0352. The van der Waals surface area contributed by atoms with Crippen molar-refractivity contribution in [3.05, 3.63) is 35.9 Å². The molecule has 0 saturated carbocycles. The first-order valence-corrected chi connectivity index (χ1v) is 12.1. The predicted molar refractivity (Wildman–Crippen MR) is 125 cm³/mol. The first-order chi connectivity index (χ1) is 14.0. The van der Waals surface area contributed by atoms with Crippen LogP contribution in [0.3, 0.4) is 0 Å². The van der Waals surface area contributed by atoms with E-state index in [0.717, 1.165) is 51.6 Å². The van der Waals surface area contributed by atoms with E-state index in [4.69, 9.17) is 4.74 Å². The maximum absolute atomic E-state index is 5.69. The van der Waals surface area contributed by atoms with Gasteiger partial charge in [-0.1, -0.05) is 44.2 Å². The van der Waals surface area contributed by atoms with Crippen LogP contribution in [-0.2, 0) is 4.74 Å². The summed E-state index contributed by atoms with van der Waals surface area (Å²) in [5, 5.41) is 8.33. The molecule has 2 unspecified atom stereocenters. The molecule has 3 rings (SSSR count). The van der Waals surface area contributed by atoms with Crippen LogP contribution >= 0.6 is 11.8 Å². The molecule has 2 atom stereocenters. The van der Waals surface area contributed by atoms with Gasteiger partial charge in [0.1, 0.15) is 0 Å². The number of hydrogen-bond donors (Lipinski definition) is 2. The number of nitrogens with one attached hydrogen (secondary N) is 2. The van der Waals surface area contributed by atoms with E-state index < -0.39 is 0 Å². The highest BCUT2D eigenvalue weighted by molar-refractivity contribution is 8.00. The Balaban J connectivity index is 1.65. The van der Waals surface area contributed by atoms with Crippen LogP contribution in [0.1, 0.15) is 45.2 Å². The van der Waals surface area contributed by atoms with Gasteiger partial charge in [0.15, 0.2) is 5.96 Å². The molecule has 0 amide bonds. The fraction of sp³-hybridized carbons (Fsp3) is 0.696. The molecule has 1 aromatic rings. The summed E-state index contributed by atoms with van der Waals surface area (Å²) in [6.07, 6.45) is 2.03. The fourth-order valence-corrected chi connectivity index (χ4v) is 5.57. The maximum atomic E-state index is 5.69. The molecule has 0 radical (unpaired) electrons. The molecule has 2 fully saturated rings. The number of hydrogen-bond acceptors (Lipinski definition) is 4. The predicted octanol–water partition coefficient (Wildman–Crippen LogP) is 3.54. The van der Waals surface area contributed by atoms with Gasteiger partial charge in [-0.25, -0.2) is 0 Å². The van der Waals surface area contributed by atoms with Crippen molar-refractivity contribution in [2.24, 2.45) is 10.9 Å². The van der Waals surface area contributed by atoms with Crippen molar-refractivity contribution < 1.29 is 4.74 Å². The molecule has 2 aliphatic heterocycles. The molecule has 6 heteroatoms. The number of rotatable bonds is 6. The van der Waals surface area contributed by atoms with E-state index in [2.05, 4.69) is 83.4 Å². The molecule has 0 aliphatic carbocycles. The first kappa shape index (κ1) is 22.4. The zero-order valence-electron chi connectivity index (χ0n) is 18.5. The SMILES string of the molecule is CN=C(NCC1(NC(C)c2ccccc2)CCOCC1)N1CCSC(C(C)C)C1. The molecule has 0 spiro atoms. The summed E-state index contributed by atoms with van der Waals surface area (Å²) in [7, 11) is 1.91. The van der Waals surface area contributed by atoms with Gasteiger partial charge in [0.2, 0.25) is 0 Å². The first-order valence-electron chi connectivity index (χ1n) is 11.0. The fourth-order valence-electron chi connectivity index (χ4n) is 4.27. The summed E-state index contributed by atoms with van der Waals surface area (Å²) >= 11 is 2.10. The van der Waals surface area contributed by atoms with E-state index in [1.807, 2.05) is 7.05 Å². The second-order valence-corrected chi connectivity index (χ2v) is 10.0. The van der Waals surface area contributed by atoms with Crippen LogP contribution in [0.4, 0.5) is 0 Å². The Morgan fingerprint density at radius 1 is 1.24 bits per heavy atom. The van der Waals surface area contributed by atoms with E-state index in [1.165, 1.54) is 11.3 Å². The van der Waals surface area contributed by atoms with E-state index in [9.17, 15) is 0 Å². The lowest BCUT2D eigenvalue weighted by Crippen LogP contribution is -2.59. The quantitative estimate of drug-likeness (QED) is 0.547. The lowest BCUT2D eigenvalue weighted by Gasteiger charge is -2.42. The van der Waals surface area contributed by atoms with Crippen molar-refractivity contribution in [1.29, 1.82) is 0 Å². The summed E-state index contributed by atoms with van der Waals surface area (Å²) in [5.41, 5.74) is 1.35. The summed E-state index contributed by atoms with van der Waals surface area (Å²) < 4.78 is 5.69. The summed E-state index contributed by atoms with van der Waals surface area (Å²) in [4.78, 5) is 7.06. The van der Waals surface area contributed by atoms with Gasteiger partial charge in [0.05, 0.1) is 0 Å². The lowest BCUT2D eigenvalue weighted by atomic mass is 9.88. The second-order valence-electron chi connectivity index (χ2n) is 8.67. The van der Waals surface area contributed by atoms with E-state index in [0.29, 0.717) is 17.2 Å². The van der Waals surface area contributed by atoms with Crippen molar-refractivity contribution in [2.75, 3.05) is 45.6 Å². The topological polar surface area (TPSA) is 48.9 Å². The second kappa shape index (κ2) is 10.7. The summed E-state index contributed by atoms with van der Waals surface area (Å²) in [6, 6.07) is 11.0. The van der Waals surface area contributed by atoms with Crippen LogP contribution in [0.2, 0.25) is 0 Å². The van der Waals surface area contributed by atoms with Gasteiger partial charge in [-0.05, 0) is 31.2 Å².